The van der Waals surface area contributed by atoms with Gasteiger partial charge in [0.15, 0.2) is 4.34 Å². The average Bonchev–Trinajstić information content (AvgIpc) is 2.69. The number of carboxylic acids is 1. The van der Waals surface area contributed by atoms with E-state index in [2.05, 4.69) is 4.98 Å². The third-order valence-corrected chi connectivity index (χ3v) is 4.77. The molecule has 0 fully saturated rings. The highest BCUT2D eigenvalue weighted by Gasteiger charge is 2.29. The van der Waals surface area contributed by atoms with Crippen molar-refractivity contribution in [1.82, 2.24) is 4.98 Å². The minimum atomic E-state index is -0.878. The summed E-state index contributed by atoms with van der Waals surface area (Å²) in [5.74, 6) is -0.0283. The van der Waals surface area contributed by atoms with Crippen LogP contribution in [0.2, 0.25) is 0 Å². The molecule has 0 aliphatic carbocycles. The minimum absolute atomic E-state index is 0.623. The molecule has 0 aliphatic heterocycles. The molecule has 4 nitrogen and oxygen atoms in total. The van der Waals surface area contributed by atoms with Crippen molar-refractivity contribution in [2.75, 3.05) is 6.61 Å². The summed E-state index contributed by atoms with van der Waals surface area (Å²) in [5.41, 5.74) is 0.872. The van der Waals surface area contributed by atoms with E-state index >= 15 is 0 Å². The zero-order valence-corrected chi connectivity index (χ0v) is 12.6. The number of hydrogen-bond donors (Lipinski definition) is 1. The fourth-order valence-electron chi connectivity index (χ4n) is 1.45. The van der Waals surface area contributed by atoms with Crippen molar-refractivity contribution < 1.29 is 14.6 Å². The number of hydrogen-bond acceptors (Lipinski definition) is 5. The zero-order valence-electron chi connectivity index (χ0n) is 11.0. The van der Waals surface area contributed by atoms with E-state index in [1.807, 2.05) is 25.1 Å². The summed E-state index contributed by atoms with van der Waals surface area (Å²) in [6.45, 7) is 5.92. The molecule has 2 rings (SSSR count). The Bertz CT molecular complexity index is 607. The van der Waals surface area contributed by atoms with Crippen LogP contribution in [0.15, 0.2) is 22.5 Å². The molecule has 6 heteroatoms. The average molecular weight is 297 g/mol. The number of fused-ring (bicyclic) bond motifs is 1. The zero-order chi connectivity index (χ0) is 14.0. The molecule has 0 saturated carbocycles. The second kappa shape index (κ2) is 5.38. The third kappa shape index (κ3) is 3.19. The van der Waals surface area contributed by atoms with Crippen molar-refractivity contribution in [3.63, 3.8) is 0 Å². The van der Waals surface area contributed by atoms with Crippen LogP contribution in [0.3, 0.4) is 0 Å². The van der Waals surface area contributed by atoms with Crippen LogP contribution >= 0.6 is 23.1 Å². The van der Waals surface area contributed by atoms with Gasteiger partial charge in [0.1, 0.15) is 10.5 Å². The van der Waals surface area contributed by atoms with Crippen LogP contribution in [0.1, 0.15) is 20.8 Å². The van der Waals surface area contributed by atoms with Gasteiger partial charge in [0.25, 0.3) is 0 Å². The van der Waals surface area contributed by atoms with Crippen LogP contribution in [0.25, 0.3) is 10.2 Å². The van der Waals surface area contributed by atoms with Gasteiger partial charge in [-0.3, -0.25) is 4.79 Å². The summed E-state index contributed by atoms with van der Waals surface area (Å²) in [4.78, 5) is 15.6. The van der Waals surface area contributed by atoms with Gasteiger partial charge in [0.05, 0.1) is 16.8 Å². The van der Waals surface area contributed by atoms with Crippen LogP contribution in [-0.4, -0.2) is 27.4 Å². The monoisotopic (exact) mass is 297 g/mol. The van der Waals surface area contributed by atoms with Crippen molar-refractivity contribution in [2.45, 2.75) is 29.9 Å². The van der Waals surface area contributed by atoms with Crippen LogP contribution in [-0.2, 0) is 4.79 Å². The number of ether oxygens (including phenoxy) is 1. The summed E-state index contributed by atoms with van der Waals surface area (Å²) in [6.07, 6.45) is 0. The quantitative estimate of drug-likeness (QED) is 0.854. The lowest BCUT2D eigenvalue weighted by Gasteiger charge is -2.15. The van der Waals surface area contributed by atoms with Gasteiger partial charge in [0, 0.05) is 0 Å². The number of aliphatic carboxylic acids is 1. The Labute approximate surface area is 119 Å². The fraction of sp³-hybridized carbons (Fsp3) is 0.385. The van der Waals surface area contributed by atoms with E-state index in [1.165, 1.54) is 23.1 Å². The van der Waals surface area contributed by atoms with Crippen molar-refractivity contribution in [3.05, 3.63) is 18.2 Å². The first kappa shape index (κ1) is 14.1. The van der Waals surface area contributed by atoms with Crippen molar-refractivity contribution in [3.8, 4) is 5.75 Å². The second-order valence-corrected chi connectivity index (χ2v) is 7.36. The molecule has 0 saturated heterocycles. The maximum Gasteiger partial charge on any atom is 0.319 e. The largest absolute Gasteiger partial charge is 0.494 e. The van der Waals surface area contributed by atoms with E-state index in [0.29, 0.717) is 6.61 Å². The second-order valence-electron chi connectivity index (χ2n) is 4.46. The molecule has 102 valence electrons. The van der Waals surface area contributed by atoms with Crippen molar-refractivity contribution >= 4 is 39.3 Å². The van der Waals surface area contributed by atoms with E-state index in [4.69, 9.17) is 9.84 Å². The molecule has 1 N–H and O–H groups in total. The number of thioether (sulfide) groups is 1. The summed E-state index contributed by atoms with van der Waals surface area (Å²) >= 11 is 2.76. The lowest BCUT2D eigenvalue weighted by molar-refractivity contribution is -0.138. The maximum atomic E-state index is 11.1. The Morgan fingerprint density at radius 1 is 1.53 bits per heavy atom. The SMILES string of the molecule is CCOc1ccc2nc(SC(C)(C)C(=O)O)sc2c1. The molecule has 1 aromatic carbocycles. The Morgan fingerprint density at radius 3 is 2.89 bits per heavy atom. The molecule has 19 heavy (non-hydrogen) atoms. The predicted octanol–water partition coefficient (Wildman–Crippen LogP) is 3.65. The minimum Gasteiger partial charge on any atom is -0.494 e. The summed E-state index contributed by atoms with van der Waals surface area (Å²) < 4.78 is 6.33. The molecular weight excluding hydrogens is 282 g/mol. The molecule has 2 aromatic rings. The first-order chi connectivity index (χ1) is 8.92. The number of aromatic nitrogens is 1. The molecule has 0 unspecified atom stereocenters. The van der Waals surface area contributed by atoms with E-state index in [1.54, 1.807) is 13.8 Å². The topological polar surface area (TPSA) is 59.4 Å². The summed E-state index contributed by atoms with van der Waals surface area (Å²) in [7, 11) is 0. The molecule has 1 heterocycles. The van der Waals surface area contributed by atoms with Gasteiger partial charge >= 0.3 is 5.97 Å². The van der Waals surface area contributed by atoms with Gasteiger partial charge in [-0.05, 0) is 39.0 Å². The highest BCUT2D eigenvalue weighted by atomic mass is 32.2. The number of rotatable bonds is 5. The summed E-state index contributed by atoms with van der Waals surface area (Å²) in [5, 5.41) is 9.13. The molecule has 0 amide bonds. The van der Waals surface area contributed by atoms with Gasteiger partial charge in [-0.25, -0.2) is 4.98 Å². The Balaban J connectivity index is 2.29. The van der Waals surface area contributed by atoms with Crippen molar-refractivity contribution in [2.24, 2.45) is 0 Å². The molecule has 0 aliphatic rings. The molecule has 0 atom stereocenters. The molecule has 0 spiro atoms. The Morgan fingerprint density at radius 2 is 2.26 bits per heavy atom. The van der Waals surface area contributed by atoms with E-state index in [0.717, 1.165) is 20.3 Å². The fourth-order valence-corrected chi connectivity index (χ4v) is 3.90. The number of carbonyl (C=O) groups is 1. The van der Waals surface area contributed by atoms with Gasteiger partial charge in [0.2, 0.25) is 0 Å². The van der Waals surface area contributed by atoms with Gasteiger partial charge in [-0.15, -0.1) is 11.3 Å². The van der Waals surface area contributed by atoms with Gasteiger partial charge in [-0.1, -0.05) is 11.8 Å². The number of carboxylic acid groups (broad SMARTS) is 1. The highest BCUT2D eigenvalue weighted by Crippen LogP contribution is 2.38. The third-order valence-electron chi connectivity index (χ3n) is 2.51. The Hall–Kier alpha value is -1.27. The van der Waals surface area contributed by atoms with Crippen LogP contribution < -0.4 is 4.74 Å². The molecular formula is C13H15NO3S2. The normalized spacial score (nSPS) is 11.7. The predicted molar refractivity (Wildman–Crippen MR) is 78.4 cm³/mol. The van der Waals surface area contributed by atoms with Gasteiger partial charge < -0.3 is 9.84 Å². The smallest absolute Gasteiger partial charge is 0.319 e. The van der Waals surface area contributed by atoms with E-state index in [-0.39, 0.29) is 0 Å². The Kier molecular flexibility index (Phi) is 4.01. The highest BCUT2D eigenvalue weighted by molar-refractivity contribution is 8.03. The first-order valence-corrected chi connectivity index (χ1v) is 7.51. The van der Waals surface area contributed by atoms with Crippen LogP contribution in [0, 0.1) is 0 Å². The lowest BCUT2D eigenvalue weighted by Crippen LogP contribution is -2.26. The van der Waals surface area contributed by atoms with Crippen LogP contribution in [0.4, 0.5) is 0 Å². The molecule has 0 bridgehead atoms. The summed E-state index contributed by atoms with van der Waals surface area (Å²) in [6, 6.07) is 5.71. The number of benzene rings is 1. The van der Waals surface area contributed by atoms with Crippen LogP contribution in [0.5, 0.6) is 5.75 Å². The van der Waals surface area contributed by atoms with E-state index in [9.17, 15) is 4.79 Å². The van der Waals surface area contributed by atoms with Crippen molar-refractivity contribution in [1.29, 1.82) is 0 Å². The number of thiazole rings is 1. The first-order valence-electron chi connectivity index (χ1n) is 5.88. The number of nitrogens with zero attached hydrogens (tertiary/aromatic N) is 1. The lowest BCUT2D eigenvalue weighted by atomic mass is 10.2. The maximum absolute atomic E-state index is 11.1. The molecule has 0 radical (unpaired) electrons. The van der Waals surface area contributed by atoms with Gasteiger partial charge in [-0.2, -0.15) is 0 Å². The molecule has 1 aromatic heterocycles. The van der Waals surface area contributed by atoms with E-state index < -0.39 is 10.7 Å². The standard InChI is InChI=1S/C13H15NO3S2/c1-4-17-8-5-6-9-10(7-8)18-12(14-9)19-13(2,3)11(15)16/h5-7H,4H2,1-3H3,(H,15,16).